The highest BCUT2D eigenvalue weighted by atomic mass is 32.2. The van der Waals surface area contributed by atoms with Gasteiger partial charge < -0.3 is 14.4 Å². The first kappa shape index (κ1) is 23.6. The Bertz CT molecular complexity index is 1270. The largest absolute Gasteiger partial charge is 0.493 e. The minimum atomic E-state index is -3.94. The molecule has 0 saturated heterocycles. The van der Waals surface area contributed by atoms with Crippen LogP contribution in [0, 0.1) is 6.92 Å². The van der Waals surface area contributed by atoms with Crippen molar-refractivity contribution in [3.63, 3.8) is 0 Å². The summed E-state index contributed by atoms with van der Waals surface area (Å²) in [6.07, 6.45) is 0.650. The molecule has 3 aromatic rings. The molecule has 8 heteroatoms. The maximum atomic E-state index is 13.5. The summed E-state index contributed by atoms with van der Waals surface area (Å²) in [5.41, 5.74) is 3.46. The van der Waals surface area contributed by atoms with E-state index in [1.807, 2.05) is 25.1 Å². The Morgan fingerprint density at radius 1 is 0.941 bits per heavy atom. The van der Waals surface area contributed by atoms with Crippen molar-refractivity contribution in [3.8, 4) is 11.5 Å². The van der Waals surface area contributed by atoms with Gasteiger partial charge in [0.05, 0.1) is 24.8 Å². The van der Waals surface area contributed by atoms with E-state index in [4.69, 9.17) is 9.47 Å². The molecule has 0 atom stereocenters. The molecule has 0 unspecified atom stereocenters. The lowest BCUT2D eigenvalue weighted by molar-refractivity contribution is -0.130. The SMILES string of the molecule is COc1cc2c(cc1OC)CN(C(=O)CN(c1ccccc1)S(=O)(=O)c1ccc(C)cc1)CC2. The van der Waals surface area contributed by atoms with E-state index in [-0.39, 0.29) is 17.3 Å². The van der Waals surface area contributed by atoms with E-state index in [1.165, 1.54) is 4.31 Å². The van der Waals surface area contributed by atoms with Crippen LogP contribution in [0.25, 0.3) is 0 Å². The summed E-state index contributed by atoms with van der Waals surface area (Å²) < 4.78 is 39.1. The summed E-state index contributed by atoms with van der Waals surface area (Å²) in [6, 6.07) is 19.2. The molecular formula is C26H28N2O5S. The zero-order valence-electron chi connectivity index (χ0n) is 19.5. The average Bonchev–Trinajstić information content (AvgIpc) is 2.86. The molecule has 0 radical (unpaired) electrons. The van der Waals surface area contributed by atoms with Crippen molar-refractivity contribution in [2.24, 2.45) is 0 Å². The van der Waals surface area contributed by atoms with Gasteiger partial charge in [-0.1, -0.05) is 35.9 Å². The average molecular weight is 481 g/mol. The molecule has 178 valence electrons. The van der Waals surface area contributed by atoms with Gasteiger partial charge in [-0.25, -0.2) is 8.42 Å². The predicted octanol–water partition coefficient (Wildman–Crippen LogP) is 3.79. The van der Waals surface area contributed by atoms with Crippen LogP contribution in [0.3, 0.4) is 0 Å². The maximum absolute atomic E-state index is 13.5. The van der Waals surface area contributed by atoms with Gasteiger partial charge in [-0.15, -0.1) is 0 Å². The molecule has 0 aliphatic carbocycles. The molecule has 1 heterocycles. The number of aryl methyl sites for hydroxylation is 1. The number of carbonyl (C=O) groups excluding carboxylic acids is 1. The normalized spacial score (nSPS) is 13.2. The molecule has 0 N–H and O–H groups in total. The molecule has 1 aliphatic rings. The van der Waals surface area contributed by atoms with Crippen LogP contribution in [0.1, 0.15) is 16.7 Å². The van der Waals surface area contributed by atoms with Gasteiger partial charge in [0.25, 0.3) is 10.0 Å². The van der Waals surface area contributed by atoms with Crippen molar-refractivity contribution in [2.45, 2.75) is 24.8 Å². The highest BCUT2D eigenvalue weighted by Gasteiger charge is 2.30. The minimum Gasteiger partial charge on any atom is -0.493 e. The van der Waals surface area contributed by atoms with E-state index in [2.05, 4.69) is 0 Å². The van der Waals surface area contributed by atoms with Crippen molar-refractivity contribution >= 4 is 21.6 Å². The Balaban J connectivity index is 1.61. The first-order valence-corrected chi connectivity index (χ1v) is 12.4. The Hall–Kier alpha value is -3.52. The van der Waals surface area contributed by atoms with E-state index >= 15 is 0 Å². The number of sulfonamides is 1. The monoisotopic (exact) mass is 480 g/mol. The molecule has 0 saturated carbocycles. The fourth-order valence-electron chi connectivity index (χ4n) is 4.07. The van der Waals surface area contributed by atoms with Crippen LogP contribution < -0.4 is 13.8 Å². The highest BCUT2D eigenvalue weighted by Crippen LogP contribution is 2.33. The van der Waals surface area contributed by atoms with E-state index in [0.717, 1.165) is 16.7 Å². The van der Waals surface area contributed by atoms with Gasteiger partial charge in [0.2, 0.25) is 5.91 Å². The molecular weight excluding hydrogens is 452 g/mol. The fraction of sp³-hybridized carbons (Fsp3) is 0.269. The number of methoxy groups -OCH3 is 2. The minimum absolute atomic E-state index is 0.149. The fourth-order valence-corrected chi connectivity index (χ4v) is 5.48. The zero-order chi connectivity index (χ0) is 24.3. The zero-order valence-corrected chi connectivity index (χ0v) is 20.3. The van der Waals surface area contributed by atoms with Crippen LogP contribution in [-0.4, -0.2) is 46.5 Å². The number of hydrogen-bond donors (Lipinski definition) is 0. The van der Waals surface area contributed by atoms with Crippen molar-refractivity contribution in [1.29, 1.82) is 0 Å². The Labute approximate surface area is 200 Å². The summed E-state index contributed by atoms with van der Waals surface area (Å²) >= 11 is 0. The van der Waals surface area contributed by atoms with Gasteiger partial charge >= 0.3 is 0 Å². The van der Waals surface area contributed by atoms with Crippen LogP contribution in [-0.2, 0) is 27.8 Å². The molecule has 1 aliphatic heterocycles. The van der Waals surface area contributed by atoms with Gasteiger partial charge in [-0.05, 0) is 60.9 Å². The molecule has 4 rings (SSSR count). The van der Waals surface area contributed by atoms with Crippen molar-refractivity contribution < 1.29 is 22.7 Å². The number of benzene rings is 3. The lowest BCUT2D eigenvalue weighted by Crippen LogP contribution is -2.44. The highest BCUT2D eigenvalue weighted by molar-refractivity contribution is 7.92. The van der Waals surface area contributed by atoms with Crippen molar-refractivity contribution in [2.75, 3.05) is 31.6 Å². The molecule has 3 aromatic carbocycles. The molecule has 1 amide bonds. The van der Waals surface area contributed by atoms with Crippen molar-refractivity contribution in [3.05, 3.63) is 83.4 Å². The molecule has 0 spiro atoms. The van der Waals surface area contributed by atoms with E-state index in [0.29, 0.717) is 36.7 Å². The second-order valence-corrected chi connectivity index (χ2v) is 10.1. The summed E-state index contributed by atoms with van der Waals surface area (Å²) in [4.78, 5) is 15.2. The Morgan fingerprint density at radius 2 is 1.56 bits per heavy atom. The lowest BCUT2D eigenvalue weighted by Gasteiger charge is -2.32. The third kappa shape index (κ3) is 4.72. The number of hydrogen-bond acceptors (Lipinski definition) is 5. The summed E-state index contributed by atoms with van der Waals surface area (Å²) in [7, 11) is -0.770. The van der Waals surface area contributed by atoms with Gasteiger partial charge in [-0.3, -0.25) is 9.10 Å². The standard InChI is InChI=1S/C26H28N2O5S/c1-19-9-11-23(12-10-19)34(30,31)28(22-7-5-4-6-8-22)18-26(29)27-14-13-20-15-24(32-2)25(33-3)16-21(20)17-27/h4-12,15-16H,13-14,17-18H2,1-3H3. The smallest absolute Gasteiger partial charge is 0.264 e. The second kappa shape index (κ2) is 9.77. The quantitative estimate of drug-likeness (QED) is 0.514. The summed E-state index contributed by atoms with van der Waals surface area (Å²) in [5, 5.41) is 0. The van der Waals surface area contributed by atoms with Crippen molar-refractivity contribution in [1.82, 2.24) is 4.90 Å². The van der Waals surface area contributed by atoms with Gasteiger partial charge in [0.15, 0.2) is 11.5 Å². The van der Waals surface area contributed by atoms with Gasteiger partial charge in [-0.2, -0.15) is 0 Å². The molecule has 34 heavy (non-hydrogen) atoms. The topological polar surface area (TPSA) is 76.2 Å². The number of anilines is 1. The van der Waals surface area contributed by atoms with Crippen LogP contribution in [0.4, 0.5) is 5.69 Å². The third-order valence-corrected chi connectivity index (χ3v) is 7.79. The third-order valence-electron chi connectivity index (χ3n) is 6.00. The number of ether oxygens (including phenoxy) is 2. The van der Waals surface area contributed by atoms with Crippen LogP contribution in [0.2, 0.25) is 0 Å². The summed E-state index contributed by atoms with van der Waals surface area (Å²) in [5.74, 6) is 0.990. The summed E-state index contributed by atoms with van der Waals surface area (Å²) in [6.45, 7) is 2.48. The number of amides is 1. The second-order valence-electron chi connectivity index (χ2n) is 8.20. The van der Waals surface area contributed by atoms with E-state index in [1.54, 1.807) is 67.7 Å². The van der Waals surface area contributed by atoms with Gasteiger partial charge in [0.1, 0.15) is 6.54 Å². The molecule has 7 nitrogen and oxygen atoms in total. The molecule has 0 aromatic heterocycles. The first-order valence-electron chi connectivity index (χ1n) is 11.0. The number of carbonyl (C=O) groups is 1. The van der Waals surface area contributed by atoms with E-state index < -0.39 is 10.0 Å². The first-order chi connectivity index (χ1) is 16.3. The number of fused-ring (bicyclic) bond motifs is 1. The molecule has 0 bridgehead atoms. The Kier molecular flexibility index (Phi) is 6.79. The van der Waals surface area contributed by atoms with Crippen LogP contribution in [0.15, 0.2) is 71.6 Å². The maximum Gasteiger partial charge on any atom is 0.264 e. The number of nitrogens with zero attached hydrogens (tertiary/aromatic N) is 2. The van der Waals surface area contributed by atoms with Crippen LogP contribution in [0.5, 0.6) is 11.5 Å². The van der Waals surface area contributed by atoms with Crippen LogP contribution >= 0.6 is 0 Å². The lowest BCUT2D eigenvalue weighted by atomic mass is 9.98. The van der Waals surface area contributed by atoms with E-state index in [9.17, 15) is 13.2 Å². The van der Waals surface area contributed by atoms with Gasteiger partial charge in [0, 0.05) is 13.1 Å². The number of rotatable bonds is 7. The number of para-hydroxylation sites is 1. The Morgan fingerprint density at radius 3 is 2.18 bits per heavy atom. The molecule has 0 fully saturated rings. The predicted molar refractivity (Wildman–Crippen MR) is 131 cm³/mol.